The molecule has 2 N–H and O–H groups in total. The van der Waals surface area contributed by atoms with Crippen LogP contribution in [0.25, 0.3) is 0 Å². The largest absolute Gasteiger partial charge is 0.480 e. The fraction of sp³-hybridized carbons (Fsp3) is 0.294. The summed E-state index contributed by atoms with van der Waals surface area (Å²) in [7, 11) is 1.58. The minimum Gasteiger partial charge on any atom is -0.480 e. The number of allylic oxidation sites excluding steroid dienone is 1. The molecule has 2 aromatic heterocycles. The second-order valence-electron chi connectivity index (χ2n) is 5.00. The third-order valence-corrected chi connectivity index (χ3v) is 3.53. The molecule has 0 aromatic carbocycles. The first kappa shape index (κ1) is 17.9. The van der Waals surface area contributed by atoms with Crippen LogP contribution in [-0.2, 0) is 12.8 Å². The molecule has 0 aliphatic rings. The van der Waals surface area contributed by atoms with Crippen molar-refractivity contribution in [1.82, 2.24) is 15.0 Å². The highest BCUT2D eigenvalue weighted by Crippen LogP contribution is 2.22. The number of aromatic nitrogens is 3. The number of pyridine rings is 1. The van der Waals surface area contributed by atoms with Crippen LogP contribution in [0.5, 0.6) is 5.88 Å². The van der Waals surface area contributed by atoms with E-state index in [0.717, 1.165) is 24.2 Å². The molecule has 6 nitrogen and oxygen atoms in total. The third kappa shape index (κ3) is 4.76. The summed E-state index contributed by atoms with van der Waals surface area (Å²) in [6.45, 7) is 2.09. The monoisotopic (exact) mass is 345 g/mol. The van der Waals surface area contributed by atoms with E-state index in [2.05, 4.69) is 26.9 Å². The lowest BCUT2D eigenvalue weighted by Crippen LogP contribution is -2.09. The molecule has 0 bridgehead atoms. The van der Waals surface area contributed by atoms with Crippen LogP contribution in [0.3, 0.4) is 0 Å². The molecule has 0 amide bonds. The van der Waals surface area contributed by atoms with E-state index in [1.54, 1.807) is 37.7 Å². The number of aliphatic imine (C=N–C) groups is 1. The molecule has 24 heavy (non-hydrogen) atoms. The van der Waals surface area contributed by atoms with Crippen LogP contribution in [0.15, 0.2) is 41.8 Å². The summed E-state index contributed by atoms with van der Waals surface area (Å²) in [4.78, 5) is 17.6. The van der Waals surface area contributed by atoms with E-state index in [0.29, 0.717) is 28.9 Å². The lowest BCUT2D eigenvalue weighted by atomic mass is 10.1. The van der Waals surface area contributed by atoms with Crippen molar-refractivity contribution in [3.8, 4) is 5.88 Å². The second-order valence-corrected chi connectivity index (χ2v) is 5.41. The summed E-state index contributed by atoms with van der Waals surface area (Å²) >= 11 is 6.12. The minimum atomic E-state index is 0.450. The number of aryl methyl sites for hydroxylation is 1. The van der Waals surface area contributed by atoms with Crippen molar-refractivity contribution in [3.63, 3.8) is 0 Å². The number of hydrogen-bond donors (Lipinski definition) is 1. The Morgan fingerprint density at radius 2 is 2.21 bits per heavy atom. The zero-order valence-corrected chi connectivity index (χ0v) is 14.5. The molecule has 0 spiro atoms. The van der Waals surface area contributed by atoms with E-state index in [1.807, 2.05) is 0 Å². The third-order valence-electron chi connectivity index (χ3n) is 3.23. The lowest BCUT2D eigenvalue weighted by Gasteiger charge is -2.09. The highest BCUT2D eigenvalue weighted by Gasteiger charge is 2.11. The van der Waals surface area contributed by atoms with Crippen molar-refractivity contribution < 1.29 is 4.74 Å². The van der Waals surface area contributed by atoms with Crippen molar-refractivity contribution in [2.75, 3.05) is 7.11 Å². The summed E-state index contributed by atoms with van der Waals surface area (Å²) in [5.41, 5.74) is 7.98. The quantitative estimate of drug-likeness (QED) is 0.778. The zero-order chi connectivity index (χ0) is 17.4. The van der Waals surface area contributed by atoms with Gasteiger partial charge in [0.1, 0.15) is 0 Å². The van der Waals surface area contributed by atoms with E-state index in [9.17, 15) is 0 Å². The molecule has 0 fully saturated rings. The molecule has 0 radical (unpaired) electrons. The Bertz CT molecular complexity index is 746. The van der Waals surface area contributed by atoms with Crippen LogP contribution < -0.4 is 10.5 Å². The maximum Gasteiger partial charge on any atom is 0.232 e. The zero-order valence-electron chi connectivity index (χ0n) is 13.7. The van der Waals surface area contributed by atoms with Gasteiger partial charge < -0.3 is 10.5 Å². The van der Waals surface area contributed by atoms with Gasteiger partial charge in [-0.05, 0) is 30.8 Å². The van der Waals surface area contributed by atoms with E-state index in [4.69, 9.17) is 22.1 Å². The molecule has 0 aliphatic carbocycles. The van der Waals surface area contributed by atoms with Crippen LogP contribution in [0.1, 0.15) is 24.7 Å². The van der Waals surface area contributed by atoms with Gasteiger partial charge in [-0.2, -0.15) is 0 Å². The molecule has 7 heteroatoms. The minimum absolute atomic E-state index is 0.450. The van der Waals surface area contributed by atoms with Crippen molar-refractivity contribution in [2.24, 2.45) is 10.7 Å². The summed E-state index contributed by atoms with van der Waals surface area (Å²) in [6.07, 6.45) is 8.64. The molecule has 0 unspecified atom stereocenters. The maximum atomic E-state index is 6.12. The summed E-state index contributed by atoms with van der Waals surface area (Å²) < 4.78 is 5.15. The first-order chi connectivity index (χ1) is 11.7. The Labute approximate surface area is 146 Å². The Morgan fingerprint density at radius 1 is 1.38 bits per heavy atom. The molecule has 0 aliphatic heterocycles. The Balaban J connectivity index is 2.36. The van der Waals surface area contributed by atoms with E-state index < -0.39 is 0 Å². The van der Waals surface area contributed by atoms with Gasteiger partial charge in [0.2, 0.25) is 5.88 Å². The Kier molecular flexibility index (Phi) is 6.69. The van der Waals surface area contributed by atoms with Crippen LogP contribution in [-0.4, -0.2) is 27.8 Å². The lowest BCUT2D eigenvalue weighted by molar-refractivity contribution is 0.393. The first-order valence-electron chi connectivity index (χ1n) is 7.63. The van der Waals surface area contributed by atoms with Gasteiger partial charge in [-0.1, -0.05) is 24.9 Å². The van der Waals surface area contributed by atoms with Gasteiger partial charge in [-0.15, -0.1) is 0 Å². The molecule has 2 heterocycles. The average molecular weight is 346 g/mol. The molecular formula is C17H20ClN5O. The molecule has 0 saturated carbocycles. The standard InChI is InChI=1S/C17H20ClN5O/c1-3-5-14-15(21-11-16(23-14)24-2)10-12(7-8-19)22-17-13(18)6-4-9-20-17/h4,6-9,11H,3,5,10,19H2,1-2H3. The number of rotatable bonds is 7. The molecular weight excluding hydrogens is 326 g/mol. The number of ether oxygens (including phenoxy) is 1. The molecule has 126 valence electrons. The number of hydrogen-bond acceptors (Lipinski definition) is 6. The van der Waals surface area contributed by atoms with Crippen molar-refractivity contribution in [1.29, 1.82) is 0 Å². The maximum absolute atomic E-state index is 6.12. The van der Waals surface area contributed by atoms with E-state index in [1.165, 1.54) is 6.20 Å². The number of nitrogens with two attached hydrogens (primary N) is 1. The van der Waals surface area contributed by atoms with Crippen molar-refractivity contribution in [3.05, 3.63) is 53.2 Å². The predicted octanol–water partition coefficient (Wildman–Crippen LogP) is 3.27. The predicted molar refractivity (Wildman–Crippen MR) is 96.0 cm³/mol. The van der Waals surface area contributed by atoms with E-state index in [-0.39, 0.29) is 0 Å². The van der Waals surface area contributed by atoms with Crippen molar-refractivity contribution >= 4 is 23.1 Å². The van der Waals surface area contributed by atoms with Gasteiger partial charge in [0.15, 0.2) is 5.82 Å². The van der Waals surface area contributed by atoms with Crippen molar-refractivity contribution in [2.45, 2.75) is 26.2 Å². The first-order valence-corrected chi connectivity index (χ1v) is 8.00. The molecule has 2 rings (SSSR count). The second kappa shape index (κ2) is 8.98. The normalized spacial score (nSPS) is 11.9. The topological polar surface area (TPSA) is 86.3 Å². The van der Waals surface area contributed by atoms with E-state index >= 15 is 0 Å². The van der Waals surface area contributed by atoms with Gasteiger partial charge in [-0.25, -0.2) is 15.0 Å². The molecule has 2 aromatic rings. The average Bonchev–Trinajstić information content (AvgIpc) is 2.59. The fourth-order valence-corrected chi connectivity index (χ4v) is 2.29. The van der Waals surface area contributed by atoms with Gasteiger partial charge in [0.05, 0.1) is 35.4 Å². The van der Waals surface area contributed by atoms with Crippen LogP contribution in [0.2, 0.25) is 5.02 Å². The highest BCUT2D eigenvalue weighted by molar-refractivity contribution is 6.32. The number of methoxy groups -OCH3 is 1. The summed E-state index contributed by atoms with van der Waals surface area (Å²) in [5, 5.41) is 0.481. The number of halogens is 1. The van der Waals surface area contributed by atoms with Crippen LogP contribution in [0, 0.1) is 0 Å². The number of nitrogens with zero attached hydrogens (tertiary/aromatic N) is 4. The SMILES string of the molecule is CCCc1nc(OC)cnc1CC(C=CN)=Nc1ncccc1Cl. The summed E-state index contributed by atoms with van der Waals surface area (Å²) in [5.74, 6) is 0.952. The molecule has 0 atom stereocenters. The smallest absolute Gasteiger partial charge is 0.232 e. The van der Waals surface area contributed by atoms with Crippen LogP contribution in [0.4, 0.5) is 5.82 Å². The van der Waals surface area contributed by atoms with Gasteiger partial charge in [0, 0.05) is 12.6 Å². The molecule has 0 saturated heterocycles. The Hall–Kier alpha value is -2.47. The highest BCUT2D eigenvalue weighted by atomic mass is 35.5. The Morgan fingerprint density at radius 3 is 2.88 bits per heavy atom. The fourth-order valence-electron chi connectivity index (χ4n) is 2.13. The van der Waals surface area contributed by atoms with Crippen LogP contribution >= 0.6 is 11.6 Å². The van der Waals surface area contributed by atoms with Gasteiger partial charge >= 0.3 is 0 Å². The summed E-state index contributed by atoms with van der Waals surface area (Å²) in [6, 6.07) is 3.50. The van der Waals surface area contributed by atoms with Gasteiger partial charge in [0.25, 0.3) is 0 Å². The van der Waals surface area contributed by atoms with Gasteiger partial charge in [-0.3, -0.25) is 4.98 Å².